The molecule has 168 valence electrons. The van der Waals surface area contributed by atoms with Gasteiger partial charge in [-0.3, -0.25) is 4.99 Å². The second kappa shape index (κ2) is 12.7. The lowest BCUT2D eigenvalue weighted by Gasteiger charge is -2.20. The Labute approximate surface area is 185 Å². The zero-order chi connectivity index (χ0) is 21.7. The minimum Gasteiger partial charge on any atom is -0.493 e. The van der Waals surface area contributed by atoms with E-state index in [1.54, 1.807) is 20.4 Å². The van der Waals surface area contributed by atoms with Gasteiger partial charge in [-0.25, -0.2) is 4.98 Å². The molecule has 0 amide bonds. The van der Waals surface area contributed by atoms with Gasteiger partial charge in [0.25, 0.3) is 0 Å². The number of hydrogen-bond acceptors (Lipinski definition) is 5. The topological polar surface area (TPSA) is 79.8 Å². The summed E-state index contributed by atoms with van der Waals surface area (Å²) in [6, 6.07) is 11.9. The molecule has 1 aromatic heterocycles. The van der Waals surface area contributed by atoms with Gasteiger partial charge in [0.1, 0.15) is 5.82 Å². The van der Waals surface area contributed by atoms with Crippen LogP contribution in [-0.4, -0.2) is 44.3 Å². The fourth-order valence-corrected chi connectivity index (χ4v) is 3.71. The molecule has 1 aliphatic rings. The first-order valence-corrected chi connectivity index (χ1v) is 11.2. The number of ether oxygens (including phenoxy) is 2. The Morgan fingerprint density at radius 3 is 2.65 bits per heavy atom. The highest BCUT2D eigenvalue weighted by molar-refractivity contribution is 5.79. The summed E-state index contributed by atoms with van der Waals surface area (Å²) >= 11 is 0. The number of nitrogens with zero attached hydrogens (tertiary/aromatic N) is 2. The number of aromatic nitrogens is 1. The van der Waals surface area contributed by atoms with Crippen LogP contribution in [0.3, 0.4) is 0 Å². The summed E-state index contributed by atoms with van der Waals surface area (Å²) in [5.74, 6) is 3.34. The standard InChI is InChI=1S/C24H35N5O2/c1-25-24(28-17-8-7-16-27-22-14-5-6-15-26-22)29-18-19-10-9-13-21(30-2)23(19)31-20-11-3-4-12-20/h5-6,9-10,13-15,20H,3-4,7-8,11-12,16-18H2,1-2H3,(H,26,27)(H2,25,28,29). The van der Waals surface area contributed by atoms with Crippen LogP contribution in [0, 0.1) is 0 Å². The van der Waals surface area contributed by atoms with Crippen molar-refractivity contribution in [3.63, 3.8) is 0 Å². The second-order valence-corrected chi connectivity index (χ2v) is 7.67. The molecule has 1 aromatic carbocycles. The molecule has 0 saturated heterocycles. The van der Waals surface area contributed by atoms with Crippen molar-refractivity contribution < 1.29 is 9.47 Å². The first-order valence-electron chi connectivity index (χ1n) is 11.2. The van der Waals surface area contributed by atoms with Crippen LogP contribution < -0.4 is 25.4 Å². The highest BCUT2D eigenvalue weighted by atomic mass is 16.5. The number of guanidine groups is 1. The summed E-state index contributed by atoms with van der Waals surface area (Å²) in [4.78, 5) is 8.61. The molecule has 2 aromatic rings. The first-order chi connectivity index (χ1) is 15.3. The number of anilines is 1. The number of unbranched alkanes of at least 4 members (excludes halogenated alkanes) is 1. The molecule has 0 spiro atoms. The highest BCUT2D eigenvalue weighted by Crippen LogP contribution is 2.34. The fraction of sp³-hybridized carbons (Fsp3) is 0.500. The monoisotopic (exact) mass is 425 g/mol. The third-order valence-electron chi connectivity index (χ3n) is 5.40. The summed E-state index contributed by atoms with van der Waals surface area (Å²) in [5.41, 5.74) is 1.08. The van der Waals surface area contributed by atoms with Crippen LogP contribution in [0.1, 0.15) is 44.1 Å². The van der Waals surface area contributed by atoms with Crippen molar-refractivity contribution in [2.45, 2.75) is 51.2 Å². The van der Waals surface area contributed by atoms with Crippen LogP contribution in [-0.2, 0) is 6.54 Å². The summed E-state index contributed by atoms with van der Waals surface area (Å²) < 4.78 is 11.9. The number of hydrogen-bond donors (Lipinski definition) is 3. The van der Waals surface area contributed by atoms with Gasteiger partial charge in [-0.05, 0) is 56.7 Å². The lowest BCUT2D eigenvalue weighted by Crippen LogP contribution is -2.37. The molecule has 1 heterocycles. The number of aliphatic imine (C=N–C) groups is 1. The molecule has 3 N–H and O–H groups in total. The average Bonchev–Trinajstić information content (AvgIpc) is 3.32. The summed E-state index contributed by atoms with van der Waals surface area (Å²) in [7, 11) is 3.48. The zero-order valence-electron chi connectivity index (χ0n) is 18.7. The van der Waals surface area contributed by atoms with E-state index < -0.39 is 0 Å². The summed E-state index contributed by atoms with van der Waals surface area (Å²) in [6.45, 7) is 2.38. The highest BCUT2D eigenvalue weighted by Gasteiger charge is 2.20. The van der Waals surface area contributed by atoms with E-state index in [1.807, 2.05) is 30.3 Å². The van der Waals surface area contributed by atoms with E-state index >= 15 is 0 Å². The van der Waals surface area contributed by atoms with E-state index in [-0.39, 0.29) is 6.10 Å². The van der Waals surface area contributed by atoms with Crippen LogP contribution >= 0.6 is 0 Å². The van der Waals surface area contributed by atoms with E-state index in [2.05, 4.69) is 32.0 Å². The molecule has 7 nitrogen and oxygen atoms in total. The van der Waals surface area contributed by atoms with E-state index in [9.17, 15) is 0 Å². The zero-order valence-corrected chi connectivity index (χ0v) is 18.7. The first kappa shape index (κ1) is 22.7. The molecular weight excluding hydrogens is 390 g/mol. The molecular formula is C24H35N5O2. The number of para-hydroxylation sites is 1. The molecule has 0 unspecified atom stereocenters. The molecule has 0 atom stereocenters. The third-order valence-corrected chi connectivity index (χ3v) is 5.40. The van der Waals surface area contributed by atoms with Gasteiger partial charge in [0.2, 0.25) is 0 Å². The molecule has 0 bridgehead atoms. The molecule has 1 saturated carbocycles. The lowest BCUT2D eigenvalue weighted by molar-refractivity contribution is 0.198. The van der Waals surface area contributed by atoms with Gasteiger partial charge >= 0.3 is 0 Å². The van der Waals surface area contributed by atoms with Gasteiger partial charge in [0.15, 0.2) is 17.5 Å². The Balaban J connectivity index is 1.42. The number of rotatable bonds is 11. The number of pyridine rings is 1. The maximum atomic E-state index is 6.32. The van der Waals surface area contributed by atoms with Crippen LogP contribution in [0.5, 0.6) is 11.5 Å². The van der Waals surface area contributed by atoms with Crippen molar-refractivity contribution >= 4 is 11.8 Å². The molecule has 1 fully saturated rings. The molecule has 1 aliphatic carbocycles. The third kappa shape index (κ3) is 7.35. The van der Waals surface area contributed by atoms with Gasteiger partial charge in [-0.15, -0.1) is 0 Å². The SMILES string of the molecule is CN=C(NCCCCNc1ccccn1)NCc1cccc(OC)c1OC1CCCC1. The fourth-order valence-electron chi connectivity index (χ4n) is 3.71. The minimum atomic E-state index is 0.284. The van der Waals surface area contributed by atoms with Crippen LogP contribution in [0.25, 0.3) is 0 Å². The van der Waals surface area contributed by atoms with Crippen molar-refractivity contribution in [2.24, 2.45) is 4.99 Å². The minimum absolute atomic E-state index is 0.284. The maximum absolute atomic E-state index is 6.32. The van der Waals surface area contributed by atoms with Crippen molar-refractivity contribution in [1.82, 2.24) is 15.6 Å². The van der Waals surface area contributed by atoms with Gasteiger partial charge in [-0.1, -0.05) is 18.2 Å². The molecule has 0 radical (unpaired) electrons. The van der Waals surface area contributed by atoms with Crippen molar-refractivity contribution in [3.8, 4) is 11.5 Å². The molecule has 31 heavy (non-hydrogen) atoms. The van der Waals surface area contributed by atoms with Crippen molar-refractivity contribution in [2.75, 3.05) is 32.6 Å². The molecule has 7 heteroatoms. The Bertz CT molecular complexity index is 807. The Morgan fingerprint density at radius 1 is 1.06 bits per heavy atom. The van der Waals surface area contributed by atoms with Crippen LogP contribution in [0.15, 0.2) is 47.6 Å². The van der Waals surface area contributed by atoms with Gasteiger partial charge in [0.05, 0.1) is 13.2 Å². The van der Waals surface area contributed by atoms with E-state index in [4.69, 9.17) is 9.47 Å². The van der Waals surface area contributed by atoms with Crippen LogP contribution in [0.4, 0.5) is 5.82 Å². The smallest absolute Gasteiger partial charge is 0.191 e. The van der Waals surface area contributed by atoms with E-state index in [0.717, 1.165) is 67.6 Å². The molecule has 0 aliphatic heterocycles. The van der Waals surface area contributed by atoms with Gasteiger partial charge < -0.3 is 25.4 Å². The van der Waals surface area contributed by atoms with Gasteiger partial charge in [-0.2, -0.15) is 0 Å². The van der Waals surface area contributed by atoms with Gasteiger partial charge in [0, 0.05) is 38.4 Å². The summed E-state index contributed by atoms with van der Waals surface area (Å²) in [6.07, 6.45) is 8.87. The predicted molar refractivity (Wildman–Crippen MR) is 126 cm³/mol. The largest absolute Gasteiger partial charge is 0.493 e. The van der Waals surface area contributed by atoms with Crippen LogP contribution in [0.2, 0.25) is 0 Å². The number of benzene rings is 1. The number of methoxy groups -OCH3 is 1. The Hall–Kier alpha value is -2.96. The summed E-state index contributed by atoms with van der Waals surface area (Å²) in [5, 5.41) is 10.1. The normalized spacial score (nSPS) is 14.3. The lowest BCUT2D eigenvalue weighted by atomic mass is 10.1. The maximum Gasteiger partial charge on any atom is 0.191 e. The van der Waals surface area contributed by atoms with Crippen molar-refractivity contribution in [3.05, 3.63) is 48.2 Å². The van der Waals surface area contributed by atoms with E-state index in [0.29, 0.717) is 6.54 Å². The average molecular weight is 426 g/mol. The second-order valence-electron chi connectivity index (χ2n) is 7.67. The Kier molecular flexibility index (Phi) is 9.29. The van der Waals surface area contributed by atoms with Crippen molar-refractivity contribution in [1.29, 1.82) is 0 Å². The molecule has 3 rings (SSSR count). The van der Waals surface area contributed by atoms with E-state index in [1.165, 1.54) is 12.8 Å². The predicted octanol–water partition coefficient (Wildman–Crippen LogP) is 3.97. The quantitative estimate of drug-likeness (QED) is 0.287. The Morgan fingerprint density at radius 2 is 1.90 bits per heavy atom. The number of nitrogens with one attached hydrogen (secondary N) is 3.